The van der Waals surface area contributed by atoms with Crippen molar-refractivity contribution in [3.8, 4) is 5.75 Å². The fraction of sp³-hybridized carbons (Fsp3) is 0.471. The Morgan fingerprint density at radius 3 is 2.68 bits per heavy atom. The molecule has 1 atom stereocenters. The summed E-state index contributed by atoms with van der Waals surface area (Å²) in [6.45, 7) is 3.02. The molecule has 22 heavy (non-hydrogen) atoms. The van der Waals surface area contributed by atoms with Gasteiger partial charge in [-0.25, -0.2) is 0 Å². The number of hydrogen-bond donors (Lipinski definition) is 2. The highest BCUT2D eigenvalue weighted by Gasteiger charge is 2.23. The molecule has 0 aliphatic carbocycles. The van der Waals surface area contributed by atoms with E-state index in [1.165, 1.54) is 5.69 Å². The number of benzene rings is 1. The molecule has 2 N–H and O–H groups in total. The maximum Gasteiger partial charge on any atom is 0.119 e. The minimum Gasteiger partial charge on any atom is -0.491 e. The number of H-pyrrole nitrogens is 1. The number of aliphatic hydroxyl groups is 1. The quantitative estimate of drug-likeness (QED) is 0.857. The molecule has 1 aromatic carbocycles. The number of nitrogens with zero attached hydrogens (tertiary/aromatic N) is 2. The van der Waals surface area contributed by atoms with Gasteiger partial charge in [-0.1, -0.05) is 18.2 Å². The Balaban J connectivity index is 1.39. The van der Waals surface area contributed by atoms with E-state index < -0.39 is 6.10 Å². The summed E-state index contributed by atoms with van der Waals surface area (Å²) in [6, 6.07) is 11.7. The number of hydrogen-bond acceptors (Lipinski definition) is 4. The molecule has 5 nitrogen and oxygen atoms in total. The van der Waals surface area contributed by atoms with E-state index in [9.17, 15) is 5.11 Å². The van der Waals surface area contributed by atoms with Crippen LogP contribution in [-0.2, 0) is 0 Å². The summed E-state index contributed by atoms with van der Waals surface area (Å²) >= 11 is 0. The molecule has 0 spiro atoms. The van der Waals surface area contributed by atoms with Crippen LogP contribution in [0.4, 0.5) is 0 Å². The van der Waals surface area contributed by atoms with E-state index in [4.69, 9.17) is 4.74 Å². The summed E-state index contributed by atoms with van der Waals surface area (Å²) in [5, 5.41) is 17.2. The van der Waals surface area contributed by atoms with Crippen LogP contribution in [0, 0.1) is 0 Å². The lowest BCUT2D eigenvalue weighted by Crippen LogP contribution is -2.40. The van der Waals surface area contributed by atoms with Gasteiger partial charge in [0, 0.05) is 24.4 Å². The van der Waals surface area contributed by atoms with Crippen molar-refractivity contribution in [3.63, 3.8) is 0 Å². The van der Waals surface area contributed by atoms with Crippen molar-refractivity contribution >= 4 is 0 Å². The van der Waals surface area contributed by atoms with Crippen LogP contribution in [0.1, 0.15) is 24.5 Å². The van der Waals surface area contributed by atoms with Gasteiger partial charge in [0.1, 0.15) is 18.5 Å². The molecular formula is C17H23N3O2. The third-order valence-electron chi connectivity index (χ3n) is 4.20. The van der Waals surface area contributed by atoms with Crippen LogP contribution < -0.4 is 4.74 Å². The minimum absolute atomic E-state index is 0.338. The van der Waals surface area contributed by atoms with E-state index in [1.54, 1.807) is 0 Å². The van der Waals surface area contributed by atoms with Crippen molar-refractivity contribution in [1.29, 1.82) is 0 Å². The van der Waals surface area contributed by atoms with Gasteiger partial charge in [0.25, 0.3) is 0 Å². The molecular weight excluding hydrogens is 278 g/mol. The van der Waals surface area contributed by atoms with Crippen molar-refractivity contribution in [1.82, 2.24) is 15.1 Å². The van der Waals surface area contributed by atoms with Crippen LogP contribution in [0.2, 0.25) is 0 Å². The Labute approximate surface area is 130 Å². The zero-order valence-corrected chi connectivity index (χ0v) is 12.7. The Morgan fingerprint density at radius 2 is 2.00 bits per heavy atom. The summed E-state index contributed by atoms with van der Waals surface area (Å²) in [5.41, 5.74) is 1.23. The van der Waals surface area contributed by atoms with Gasteiger partial charge in [0.2, 0.25) is 0 Å². The smallest absolute Gasteiger partial charge is 0.119 e. The Kier molecular flexibility index (Phi) is 5.08. The lowest BCUT2D eigenvalue weighted by molar-refractivity contribution is 0.0592. The van der Waals surface area contributed by atoms with E-state index in [2.05, 4.69) is 21.2 Å². The molecule has 0 saturated carbocycles. The first-order valence-electron chi connectivity index (χ1n) is 7.89. The maximum absolute atomic E-state index is 10.1. The zero-order valence-electron chi connectivity index (χ0n) is 12.7. The second-order valence-electron chi connectivity index (χ2n) is 5.86. The standard InChI is InChI=1S/C17H23N3O2/c21-15(13-22-16-4-2-1-3-5-16)12-20-10-7-14(8-11-20)17-6-9-18-19-17/h1-6,9,14-15,21H,7-8,10-13H2,(H,18,19)/t15-/m0/s1. The van der Waals surface area contributed by atoms with Gasteiger partial charge in [-0.2, -0.15) is 5.10 Å². The van der Waals surface area contributed by atoms with Gasteiger partial charge in [-0.3, -0.25) is 5.10 Å². The second kappa shape index (κ2) is 7.42. The molecule has 1 aromatic heterocycles. The van der Waals surface area contributed by atoms with E-state index in [0.29, 0.717) is 19.1 Å². The average Bonchev–Trinajstić information content (AvgIpc) is 3.09. The first-order chi connectivity index (χ1) is 10.8. The monoisotopic (exact) mass is 301 g/mol. The predicted octanol–water partition coefficient (Wildman–Crippen LogP) is 2.03. The molecule has 1 aliphatic heterocycles. The average molecular weight is 301 g/mol. The highest BCUT2D eigenvalue weighted by atomic mass is 16.5. The molecule has 5 heteroatoms. The number of rotatable bonds is 6. The van der Waals surface area contributed by atoms with Gasteiger partial charge >= 0.3 is 0 Å². The minimum atomic E-state index is -0.455. The number of likely N-dealkylation sites (tertiary alicyclic amines) is 1. The molecule has 2 heterocycles. The highest BCUT2D eigenvalue weighted by Crippen LogP contribution is 2.26. The van der Waals surface area contributed by atoms with Crippen LogP contribution in [0.25, 0.3) is 0 Å². The van der Waals surface area contributed by atoms with Gasteiger partial charge in [0.05, 0.1) is 0 Å². The number of piperidine rings is 1. The lowest BCUT2D eigenvalue weighted by Gasteiger charge is -2.32. The van der Waals surface area contributed by atoms with Crippen molar-refractivity contribution in [2.24, 2.45) is 0 Å². The van der Waals surface area contributed by atoms with E-state index in [1.807, 2.05) is 36.5 Å². The third-order valence-corrected chi connectivity index (χ3v) is 4.20. The van der Waals surface area contributed by atoms with Gasteiger partial charge < -0.3 is 14.7 Å². The van der Waals surface area contributed by atoms with Crippen molar-refractivity contribution in [2.45, 2.75) is 24.9 Å². The van der Waals surface area contributed by atoms with E-state index in [0.717, 1.165) is 31.7 Å². The fourth-order valence-electron chi connectivity index (χ4n) is 2.98. The highest BCUT2D eigenvalue weighted by molar-refractivity contribution is 5.20. The summed E-state index contributed by atoms with van der Waals surface area (Å²) in [6.07, 6.45) is 3.57. The van der Waals surface area contributed by atoms with E-state index in [-0.39, 0.29) is 0 Å². The van der Waals surface area contributed by atoms with Gasteiger partial charge in [-0.15, -0.1) is 0 Å². The third kappa shape index (κ3) is 4.08. The first-order valence-corrected chi connectivity index (χ1v) is 7.89. The summed E-state index contributed by atoms with van der Waals surface area (Å²) < 4.78 is 5.60. The number of nitrogens with one attached hydrogen (secondary N) is 1. The first kappa shape index (κ1) is 15.1. The molecule has 0 unspecified atom stereocenters. The van der Waals surface area contributed by atoms with Crippen molar-refractivity contribution in [2.75, 3.05) is 26.2 Å². The number of β-amino-alcohol motifs (C(OH)–C–C–N with tert-alkyl or cyclic N) is 1. The van der Waals surface area contributed by atoms with Crippen molar-refractivity contribution in [3.05, 3.63) is 48.3 Å². The van der Waals surface area contributed by atoms with Gasteiger partial charge in [-0.05, 0) is 44.1 Å². The van der Waals surface area contributed by atoms with Crippen LogP contribution in [0.5, 0.6) is 5.75 Å². The predicted molar refractivity (Wildman–Crippen MR) is 84.9 cm³/mol. The summed E-state index contributed by atoms with van der Waals surface area (Å²) in [7, 11) is 0. The number of aliphatic hydroxyl groups excluding tert-OH is 1. The zero-order chi connectivity index (χ0) is 15.2. The maximum atomic E-state index is 10.1. The molecule has 1 saturated heterocycles. The topological polar surface area (TPSA) is 61.4 Å². The second-order valence-corrected chi connectivity index (χ2v) is 5.86. The van der Waals surface area contributed by atoms with Crippen LogP contribution in [0.3, 0.4) is 0 Å². The van der Waals surface area contributed by atoms with Gasteiger partial charge in [0.15, 0.2) is 0 Å². The molecule has 2 aromatic rings. The fourth-order valence-corrected chi connectivity index (χ4v) is 2.98. The number of ether oxygens (including phenoxy) is 1. The van der Waals surface area contributed by atoms with E-state index >= 15 is 0 Å². The largest absolute Gasteiger partial charge is 0.491 e. The molecule has 0 bridgehead atoms. The SMILES string of the molecule is O[C@H](COc1ccccc1)CN1CCC(c2ccn[nH]2)CC1. The Morgan fingerprint density at radius 1 is 1.23 bits per heavy atom. The number of para-hydroxylation sites is 1. The normalized spacial score (nSPS) is 18.2. The lowest BCUT2D eigenvalue weighted by atomic mass is 9.93. The molecule has 118 valence electrons. The molecule has 0 amide bonds. The van der Waals surface area contributed by atoms with Crippen LogP contribution in [-0.4, -0.2) is 52.5 Å². The van der Waals surface area contributed by atoms with Crippen LogP contribution >= 0.6 is 0 Å². The molecule has 1 fully saturated rings. The Hall–Kier alpha value is -1.85. The number of aromatic nitrogens is 2. The molecule has 0 radical (unpaired) electrons. The summed E-state index contributed by atoms with van der Waals surface area (Å²) in [4.78, 5) is 2.31. The summed E-state index contributed by atoms with van der Waals surface area (Å²) in [5.74, 6) is 1.37. The molecule has 1 aliphatic rings. The Bertz CT molecular complexity index is 536. The number of aromatic amines is 1. The molecule has 3 rings (SSSR count). The van der Waals surface area contributed by atoms with Crippen molar-refractivity contribution < 1.29 is 9.84 Å². The van der Waals surface area contributed by atoms with Crippen LogP contribution in [0.15, 0.2) is 42.6 Å².